The van der Waals surface area contributed by atoms with Crippen LogP contribution in [0.25, 0.3) is 0 Å². The van der Waals surface area contributed by atoms with Crippen molar-refractivity contribution in [2.24, 2.45) is 0 Å². The lowest BCUT2D eigenvalue weighted by Crippen LogP contribution is -2.29. The first-order chi connectivity index (χ1) is 13.1. The van der Waals surface area contributed by atoms with Crippen molar-refractivity contribution in [2.45, 2.75) is 25.9 Å². The number of tetrazole rings is 1. The Morgan fingerprint density at radius 1 is 1.33 bits per heavy atom. The summed E-state index contributed by atoms with van der Waals surface area (Å²) in [6, 6.07) is 5.30. The summed E-state index contributed by atoms with van der Waals surface area (Å²) in [7, 11) is 1.61. The molecular formula is C17H20FN7O2. The maximum Gasteiger partial charge on any atom is 0.249 e. The normalized spacial score (nSPS) is 12.1. The van der Waals surface area contributed by atoms with Crippen LogP contribution in [0.3, 0.4) is 0 Å². The van der Waals surface area contributed by atoms with E-state index in [2.05, 4.69) is 25.9 Å². The van der Waals surface area contributed by atoms with Gasteiger partial charge in [0.1, 0.15) is 17.7 Å². The summed E-state index contributed by atoms with van der Waals surface area (Å²) < 4.78 is 21.3. The predicted octanol–water partition coefficient (Wildman–Crippen LogP) is 1.39. The first-order valence-corrected chi connectivity index (χ1v) is 8.38. The summed E-state index contributed by atoms with van der Waals surface area (Å²) in [5.41, 5.74) is 1.35. The zero-order valence-corrected chi connectivity index (χ0v) is 15.0. The number of aryl methyl sites for hydroxylation is 1. The van der Waals surface area contributed by atoms with Crippen LogP contribution in [0.15, 0.2) is 36.7 Å². The molecule has 1 aromatic carbocycles. The highest BCUT2D eigenvalue weighted by atomic mass is 19.1. The highest BCUT2D eigenvalue weighted by molar-refractivity contribution is 5.93. The molecule has 0 bridgehead atoms. The molecule has 1 amide bonds. The molecule has 0 radical (unpaired) electrons. The van der Waals surface area contributed by atoms with Crippen LogP contribution >= 0.6 is 0 Å². The van der Waals surface area contributed by atoms with Gasteiger partial charge in [-0.15, -0.1) is 5.10 Å². The maximum atomic E-state index is 13.2. The van der Waals surface area contributed by atoms with E-state index in [-0.39, 0.29) is 11.7 Å². The largest absolute Gasteiger partial charge is 0.383 e. The number of hydrogen-bond acceptors (Lipinski definition) is 6. The standard InChI is InChI=1S/C17H20FN7O2/c1-12-21-22-23-25(12)16(9-13-3-5-14(18)6-4-13)17(26)20-15-10-19-24(11-15)7-8-27-2/h3-6,10-11,16H,7-9H2,1-2H3,(H,20,26). The number of nitrogens with zero attached hydrogens (tertiary/aromatic N) is 6. The second-order valence-corrected chi connectivity index (χ2v) is 5.99. The molecule has 10 heteroatoms. The molecule has 3 aromatic rings. The van der Waals surface area contributed by atoms with Crippen molar-refractivity contribution in [1.82, 2.24) is 30.0 Å². The Balaban J connectivity index is 1.77. The molecule has 2 aromatic heterocycles. The third-order valence-electron chi connectivity index (χ3n) is 4.02. The summed E-state index contributed by atoms with van der Waals surface area (Å²) in [5.74, 6) is -0.115. The molecule has 0 aliphatic heterocycles. The minimum atomic E-state index is -0.687. The Labute approximate surface area is 155 Å². The summed E-state index contributed by atoms with van der Waals surface area (Å²) in [6.45, 7) is 2.82. The highest BCUT2D eigenvalue weighted by Crippen LogP contribution is 2.18. The highest BCUT2D eigenvalue weighted by Gasteiger charge is 2.24. The molecule has 27 heavy (non-hydrogen) atoms. The number of ether oxygens (including phenoxy) is 1. The lowest BCUT2D eigenvalue weighted by Gasteiger charge is -2.17. The quantitative estimate of drug-likeness (QED) is 0.640. The van der Waals surface area contributed by atoms with Crippen LogP contribution < -0.4 is 5.32 Å². The fourth-order valence-corrected chi connectivity index (χ4v) is 2.62. The van der Waals surface area contributed by atoms with Crippen molar-refractivity contribution in [1.29, 1.82) is 0 Å². The first kappa shape index (κ1) is 18.6. The van der Waals surface area contributed by atoms with Gasteiger partial charge in [-0.05, 0) is 35.0 Å². The van der Waals surface area contributed by atoms with Gasteiger partial charge in [0, 0.05) is 19.7 Å². The van der Waals surface area contributed by atoms with E-state index in [1.165, 1.54) is 16.8 Å². The molecule has 1 unspecified atom stereocenters. The lowest BCUT2D eigenvalue weighted by atomic mass is 10.1. The number of anilines is 1. The zero-order chi connectivity index (χ0) is 19.2. The van der Waals surface area contributed by atoms with Gasteiger partial charge in [0.15, 0.2) is 0 Å². The van der Waals surface area contributed by atoms with E-state index in [0.29, 0.717) is 31.1 Å². The zero-order valence-electron chi connectivity index (χ0n) is 15.0. The first-order valence-electron chi connectivity index (χ1n) is 8.38. The number of nitrogens with one attached hydrogen (secondary N) is 1. The molecular weight excluding hydrogens is 353 g/mol. The second kappa shape index (κ2) is 8.49. The number of halogens is 1. The number of amides is 1. The van der Waals surface area contributed by atoms with Gasteiger partial charge >= 0.3 is 0 Å². The van der Waals surface area contributed by atoms with E-state index in [0.717, 1.165) is 5.56 Å². The van der Waals surface area contributed by atoms with Crippen LogP contribution in [0, 0.1) is 12.7 Å². The molecule has 0 fully saturated rings. The minimum Gasteiger partial charge on any atom is -0.383 e. The molecule has 3 rings (SSSR count). The van der Waals surface area contributed by atoms with Crippen molar-refractivity contribution in [3.8, 4) is 0 Å². The summed E-state index contributed by atoms with van der Waals surface area (Å²) in [5, 5.41) is 18.4. The number of hydrogen-bond donors (Lipinski definition) is 1. The number of carbonyl (C=O) groups excluding carboxylic acids is 1. The van der Waals surface area contributed by atoms with Gasteiger partial charge in [-0.25, -0.2) is 9.07 Å². The van der Waals surface area contributed by atoms with Crippen LogP contribution in [-0.4, -0.2) is 49.6 Å². The topological polar surface area (TPSA) is 99.8 Å². The Morgan fingerprint density at radius 3 is 2.78 bits per heavy atom. The molecule has 0 spiro atoms. The summed E-state index contributed by atoms with van der Waals surface area (Å²) >= 11 is 0. The Kier molecular flexibility index (Phi) is 5.87. The van der Waals surface area contributed by atoms with E-state index in [1.54, 1.807) is 43.2 Å². The minimum absolute atomic E-state index is 0.291. The lowest BCUT2D eigenvalue weighted by molar-refractivity contribution is -0.119. The Morgan fingerprint density at radius 2 is 2.11 bits per heavy atom. The molecule has 0 saturated carbocycles. The van der Waals surface area contributed by atoms with Gasteiger partial charge in [-0.1, -0.05) is 12.1 Å². The van der Waals surface area contributed by atoms with E-state index in [4.69, 9.17) is 4.74 Å². The van der Waals surface area contributed by atoms with Gasteiger partial charge in [-0.2, -0.15) is 5.10 Å². The second-order valence-electron chi connectivity index (χ2n) is 5.99. The molecule has 142 valence electrons. The van der Waals surface area contributed by atoms with Gasteiger partial charge in [0.2, 0.25) is 5.91 Å². The van der Waals surface area contributed by atoms with Gasteiger partial charge in [0.25, 0.3) is 0 Å². The molecule has 1 atom stereocenters. The van der Waals surface area contributed by atoms with E-state index in [1.807, 2.05) is 0 Å². The summed E-state index contributed by atoms with van der Waals surface area (Å²) in [6.07, 6.45) is 3.60. The van der Waals surface area contributed by atoms with Crippen molar-refractivity contribution >= 4 is 11.6 Å². The van der Waals surface area contributed by atoms with Crippen molar-refractivity contribution in [3.63, 3.8) is 0 Å². The van der Waals surface area contributed by atoms with Crippen LogP contribution in [0.2, 0.25) is 0 Å². The van der Waals surface area contributed by atoms with Crippen LogP contribution in [0.1, 0.15) is 17.4 Å². The Hall–Kier alpha value is -3.14. The average Bonchev–Trinajstić information content (AvgIpc) is 3.28. The predicted molar refractivity (Wildman–Crippen MR) is 94.4 cm³/mol. The molecule has 9 nitrogen and oxygen atoms in total. The molecule has 0 saturated heterocycles. The number of aromatic nitrogens is 6. The van der Waals surface area contributed by atoms with E-state index >= 15 is 0 Å². The third kappa shape index (κ3) is 4.73. The molecule has 2 heterocycles. The molecule has 0 aliphatic carbocycles. The van der Waals surface area contributed by atoms with Gasteiger partial charge in [-0.3, -0.25) is 9.48 Å². The fourth-order valence-electron chi connectivity index (χ4n) is 2.62. The third-order valence-corrected chi connectivity index (χ3v) is 4.02. The monoisotopic (exact) mass is 373 g/mol. The van der Waals surface area contributed by atoms with Crippen molar-refractivity contribution < 1.29 is 13.9 Å². The van der Waals surface area contributed by atoms with E-state index in [9.17, 15) is 9.18 Å². The fraction of sp³-hybridized carbons (Fsp3) is 0.353. The molecule has 0 aliphatic rings. The number of methoxy groups -OCH3 is 1. The molecule has 1 N–H and O–H groups in total. The van der Waals surface area contributed by atoms with Crippen LogP contribution in [0.4, 0.5) is 10.1 Å². The Bertz CT molecular complexity index is 891. The summed E-state index contributed by atoms with van der Waals surface area (Å²) in [4.78, 5) is 12.9. The number of rotatable bonds is 8. The van der Waals surface area contributed by atoms with E-state index < -0.39 is 6.04 Å². The van der Waals surface area contributed by atoms with Crippen LogP contribution in [-0.2, 0) is 22.5 Å². The van der Waals surface area contributed by atoms with Gasteiger partial charge in [0.05, 0.1) is 25.0 Å². The van der Waals surface area contributed by atoms with Crippen molar-refractivity contribution in [2.75, 3.05) is 19.0 Å². The smallest absolute Gasteiger partial charge is 0.249 e. The number of benzene rings is 1. The van der Waals surface area contributed by atoms with Crippen LogP contribution in [0.5, 0.6) is 0 Å². The maximum absolute atomic E-state index is 13.2. The average molecular weight is 373 g/mol. The van der Waals surface area contributed by atoms with Crippen molar-refractivity contribution in [3.05, 3.63) is 53.9 Å². The SMILES string of the molecule is COCCn1cc(NC(=O)C(Cc2ccc(F)cc2)n2nnnc2C)cn1. The number of carbonyl (C=O) groups is 1. The van der Waals surface area contributed by atoms with Gasteiger partial charge < -0.3 is 10.1 Å².